The van der Waals surface area contributed by atoms with E-state index in [9.17, 15) is 9.59 Å². The summed E-state index contributed by atoms with van der Waals surface area (Å²) in [4.78, 5) is 29.3. The molecule has 1 aliphatic rings. The number of benzene rings is 1. The van der Waals surface area contributed by atoms with Gasteiger partial charge in [-0.2, -0.15) is 0 Å². The van der Waals surface area contributed by atoms with Crippen LogP contribution >= 0.6 is 0 Å². The number of morpholine rings is 1. The van der Waals surface area contributed by atoms with Gasteiger partial charge in [0.1, 0.15) is 5.69 Å². The maximum atomic E-state index is 12.7. The first kappa shape index (κ1) is 14.5. The van der Waals surface area contributed by atoms with Crippen LogP contribution in [0.3, 0.4) is 0 Å². The van der Waals surface area contributed by atoms with Gasteiger partial charge >= 0.3 is 5.97 Å². The van der Waals surface area contributed by atoms with Gasteiger partial charge in [0.25, 0.3) is 5.91 Å². The van der Waals surface area contributed by atoms with Gasteiger partial charge < -0.3 is 14.7 Å². The van der Waals surface area contributed by atoms with Gasteiger partial charge in [-0.3, -0.25) is 14.6 Å². The SMILES string of the molecule is O=C(O)C[C@H]1CN(C(=O)c2nccc3ccccc23)CCO1. The number of carboxylic acids is 1. The van der Waals surface area contributed by atoms with Crippen molar-refractivity contribution < 1.29 is 19.4 Å². The molecule has 2 heterocycles. The zero-order chi connectivity index (χ0) is 15.5. The summed E-state index contributed by atoms with van der Waals surface area (Å²) in [6.45, 7) is 1.06. The van der Waals surface area contributed by atoms with Crippen LogP contribution in [0, 0.1) is 0 Å². The van der Waals surface area contributed by atoms with E-state index in [0.29, 0.717) is 18.8 Å². The highest BCUT2D eigenvalue weighted by molar-refractivity contribution is 6.05. The van der Waals surface area contributed by atoms with Crippen molar-refractivity contribution in [2.24, 2.45) is 0 Å². The third-order valence-electron chi connectivity index (χ3n) is 3.70. The molecule has 0 unspecified atom stereocenters. The topological polar surface area (TPSA) is 79.7 Å². The summed E-state index contributed by atoms with van der Waals surface area (Å²) in [5.41, 5.74) is 0.397. The zero-order valence-electron chi connectivity index (χ0n) is 11.9. The number of carboxylic acid groups (broad SMARTS) is 1. The number of carbonyl (C=O) groups is 2. The van der Waals surface area contributed by atoms with Gasteiger partial charge in [0.05, 0.1) is 19.1 Å². The fraction of sp³-hybridized carbons (Fsp3) is 0.312. The van der Waals surface area contributed by atoms with Crippen molar-refractivity contribution in [3.63, 3.8) is 0 Å². The summed E-state index contributed by atoms with van der Waals surface area (Å²) in [5, 5.41) is 10.6. The van der Waals surface area contributed by atoms with Crippen molar-refractivity contribution in [2.75, 3.05) is 19.7 Å². The number of hydrogen-bond donors (Lipinski definition) is 1. The van der Waals surface area contributed by atoms with E-state index >= 15 is 0 Å². The first-order chi connectivity index (χ1) is 10.6. The predicted octanol–water partition coefficient (Wildman–Crippen LogP) is 1.55. The maximum Gasteiger partial charge on any atom is 0.306 e. The van der Waals surface area contributed by atoms with E-state index in [-0.39, 0.29) is 18.9 Å². The molecule has 22 heavy (non-hydrogen) atoms. The van der Waals surface area contributed by atoms with Gasteiger partial charge in [0.15, 0.2) is 0 Å². The third kappa shape index (κ3) is 2.92. The van der Waals surface area contributed by atoms with Crippen molar-refractivity contribution in [1.82, 2.24) is 9.88 Å². The highest BCUT2D eigenvalue weighted by atomic mass is 16.5. The maximum absolute atomic E-state index is 12.7. The molecule has 1 saturated heterocycles. The molecule has 0 spiro atoms. The minimum absolute atomic E-state index is 0.104. The number of aromatic nitrogens is 1. The molecule has 3 rings (SSSR count). The van der Waals surface area contributed by atoms with Gasteiger partial charge in [0, 0.05) is 24.7 Å². The molecule has 1 atom stereocenters. The van der Waals surface area contributed by atoms with E-state index in [2.05, 4.69) is 4.98 Å². The number of nitrogens with zero attached hydrogens (tertiary/aromatic N) is 2. The highest BCUT2D eigenvalue weighted by Crippen LogP contribution is 2.19. The quantitative estimate of drug-likeness (QED) is 0.930. The molecular formula is C16H16N2O4. The molecule has 6 heteroatoms. The van der Waals surface area contributed by atoms with Gasteiger partial charge in [-0.1, -0.05) is 24.3 Å². The number of amides is 1. The predicted molar refractivity (Wildman–Crippen MR) is 79.6 cm³/mol. The Balaban J connectivity index is 1.84. The Kier molecular flexibility index (Phi) is 4.02. The monoisotopic (exact) mass is 300 g/mol. The molecule has 0 saturated carbocycles. The number of pyridine rings is 1. The number of hydrogen-bond acceptors (Lipinski definition) is 4. The number of carbonyl (C=O) groups excluding carboxylic acids is 1. The lowest BCUT2D eigenvalue weighted by Gasteiger charge is -2.32. The second-order valence-corrected chi connectivity index (χ2v) is 5.22. The second kappa shape index (κ2) is 6.11. The van der Waals surface area contributed by atoms with E-state index in [1.165, 1.54) is 0 Å². The molecule has 1 aliphatic heterocycles. The minimum atomic E-state index is -0.928. The highest BCUT2D eigenvalue weighted by Gasteiger charge is 2.27. The lowest BCUT2D eigenvalue weighted by Crippen LogP contribution is -2.46. The Morgan fingerprint density at radius 2 is 2.14 bits per heavy atom. The van der Waals surface area contributed by atoms with Crippen LogP contribution in [-0.2, 0) is 9.53 Å². The number of rotatable bonds is 3. The number of aliphatic carboxylic acids is 1. The molecule has 1 aromatic carbocycles. The Labute approximate surface area is 127 Å². The molecule has 1 amide bonds. The van der Waals surface area contributed by atoms with Crippen molar-refractivity contribution in [2.45, 2.75) is 12.5 Å². The Morgan fingerprint density at radius 3 is 2.95 bits per heavy atom. The molecule has 0 aliphatic carbocycles. The smallest absolute Gasteiger partial charge is 0.306 e. The largest absolute Gasteiger partial charge is 0.481 e. The van der Waals surface area contributed by atoms with Crippen LogP contribution in [0.4, 0.5) is 0 Å². The zero-order valence-corrected chi connectivity index (χ0v) is 11.9. The average molecular weight is 300 g/mol. The van der Waals surface area contributed by atoms with E-state index in [0.717, 1.165) is 10.8 Å². The fourth-order valence-corrected chi connectivity index (χ4v) is 2.66. The summed E-state index contributed by atoms with van der Waals surface area (Å²) in [6, 6.07) is 9.44. The van der Waals surface area contributed by atoms with Gasteiger partial charge in [0.2, 0.25) is 0 Å². The Morgan fingerprint density at radius 1 is 1.32 bits per heavy atom. The summed E-state index contributed by atoms with van der Waals surface area (Å²) in [5.74, 6) is -1.11. The van der Waals surface area contributed by atoms with Crippen LogP contribution in [0.25, 0.3) is 10.8 Å². The lowest BCUT2D eigenvalue weighted by molar-refractivity contribution is -0.141. The van der Waals surface area contributed by atoms with E-state index < -0.39 is 12.1 Å². The standard InChI is InChI=1S/C16H16N2O4/c19-14(20)9-12-10-18(7-8-22-12)16(21)15-13-4-2-1-3-11(13)5-6-17-15/h1-6,12H,7-10H2,(H,19,20)/t12-/m0/s1. The van der Waals surface area contributed by atoms with Crippen LogP contribution in [-0.4, -0.2) is 52.7 Å². The Hall–Kier alpha value is -2.47. The summed E-state index contributed by atoms with van der Waals surface area (Å²) < 4.78 is 5.40. The number of fused-ring (bicyclic) bond motifs is 1. The Bertz CT molecular complexity index is 711. The van der Waals surface area contributed by atoms with Crippen molar-refractivity contribution in [3.8, 4) is 0 Å². The van der Waals surface area contributed by atoms with Crippen LogP contribution in [0.2, 0.25) is 0 Å². The fourth-order valence-electron chi connectivity index (χ4n) is 2.66. The van der Waals surface area contributed by atoms with E-state index in [1.807, 2.05) is 30.3 Å². The molecular weight excluding hydrogens is 284 g/mol. The van der Waals surface area contributed by atoms with Crippen molar-refractivity contribution >= 4 is 22.6 Å². The summed E-state index contributed by atoms with van der Waals surface area (Å²) in [6.07, 6.45) is 1.04. The summed E-state index contributed by atoms with van der Waals surface area (Å²) in [7, 11) is 0. The van der Waals surface area contributed by atoms with Crippen molar-refractivity contribution in [1.29, 1.82) is 0 Å². The van der Waals surface area contributed by atoms with Gasteiger partial charge in [-0.25, -0.2) is 0 Å². The first-order valence-electron chi connectivity index (χ1n) is 7.11. The normalized spacial score (nSPS) is 18.4. The van der Waals surface area contributed by atoms with Gasteiger partial charge in [-0.05, 0) is 11.5 Å². The molecule has 1 aromatic heterocycles. The first-order valence-corrected chi connectivity index (χ1v) is 7.11. The molecule has 1 N–H and O–H groups in total. The van der Waals surface area contributed by atoms with Crippen LogP contribution < -0.4 is 0 Å². The minimum Gasteiger partial charge on any atom is -0.481 e. The summed E-state index contributed by atoms with van der Waals surface area (Å²) >= 11 is 0. The molecule has 0 radical (unpaired) electrons. The molecule has 114 valence electrons. The lowest BCUT2D eigenvalue weighted by atomic mass is 10.1. The van der Waals surface area contributed by atoms with Crippen molar-refractivity contribution in [3.05, 3.63) is 42.2 Å². The van der Waals surface area contributed by atoms with E-state index in [4.69, 9.17) is 9.84 Å². The van der Waals surface area contributed by atoms with E-state index in [1.54, 1.807) is 11.1 Å². The van der Waals surface area contributed by atoms with Crippen LogP contribution in [0.15, 0.2) is 36.5 Å². The molecule has 6 nitrogen and oxygen atoms in total. The van der Waals surface area contributed by atoms with Crippen LogP contribution in [0.1, 0.15) is 16.9 Å². The molecule has 0 bridgehead atoms. The second-order valence-electron chi connectivity index (χ2n) is 5.22. The third-order valence-corrected chi connectivity index (χ3v) is 3.70. The molecule has 2 aromatic rings. The molecule has 1 fully saturated rings. The average Bonchev–Trinajstić information content (AvgIpc) is 2.53. The number of ether oxygens (including phenoxy) is 1. The van der Waals surface area contributed by atoms with Gasteiger partial charge in [-0.15, -0.1) is 0 Å². The van der Waals surface area contributed by atoms with Crippen LogP contribution in [0.5, 0.6) is 0 Å².